The van der Waals surface area contributed by atoms with Crippen molar-refractivity contribution in [3.63, 3.8) is 0 Å². The number of amides is 2. The van der Waals surface area contributed by atoms with Crippen LogP contribution in [0.4, 0.5) is 5.00 Å². The highest BCUT2D eigenvalue weighted by atomic mass is 35.5. The third kappa shape index (κ3) is 6.62. The van der Waals surface area contributed by atoms with E-state index in [1.165, 1.54) is 23.8 Å². The number of thioether (sulfide) groups is 1. The highest BCUT2D eigenvalue weighted by molar-refractivity contribution is 7.99. The maximum absolute atomic E-state index is 12.8. The van der Waals surface area contributed by atoms with Crippen LogP contribution in [0.2, 0.25) is 5.02 Å². The van der Waals surface area contributed by atoms with Gasteiger partial charge in [0.15, 0.2) is 11.0 Å². The van der Waals surface area contributed by atoms with Crippen LogP contribution >= 0.6 is 34.7 Å². The van der Waals surface area contributed by atoms with Crippen molar-refractivity contribution in [1.29, 1.82) is 0 Å². The van der Waals surface area contributed by atoms with E-state index >= 15 is 0 Å². The molecule has 0 aliphatic rings. The van der Waals surface area contributed by atoms with Gasteiger partial charge in [-0.1, -0.05) is 29.4 Å². The van der Waals surface area contributed by atoms with Crippen molar-refractivity contribution in [2.24, 2.45) is 0 Å². The Kier molecular flexibility index (Phi) is 9.57. The molecule has 13 heteroatoms. The van der Waals surface area contributed by atoms with E-state index in [1.54, 1.807) is 27.1 Å². The third-order valence-electron chi connectivity index (χ3n) is 5.28. The Morgan fingerprint density at radius 1 is 1.22 bits per heavy atom. The van der Waals surface area contributed by atoms with E-state index in [9.17, 15) is 14.4 Å². The minimum Gasteiger partial charge on any atom is -0.484 e. The molecular formula is C24H28ClN5O5S2. The Bertz CT molecular complexity index is 1320. The fraction of sp³-hybridized carbons (Fsp3) is 0.375. The Balaban J connectivity index is 1.70. The maximum Gasteiger partial charge on any atom is 0.341 e. The van der Waals surface area contributed by atoms with E-state index in [0.29, 0.717) is 38.7 Å². The topological polar surface area (TPSA) is 116 Å². The molecule has 0 saturated heterocycles. The standard InChI is InChI=1S/C24H28ClN5O5S2/c1-7-30-17(11-35-16-10-13(2)8-9-15(16)25)27-28-24(30)36-12-18(31)26-21-19(23(33)34-6)14(3)20(37-21)22(32)29(4)5/h8-10H,7,11-12H2,1-6H3,(H,26,31). The third-order valence-corrected chi connectivity index (χ3v) is 7.75. The lowest BCUT2D eigenvalue weighted by atomic mass is 10.1. The van der Waals surface area contributed by atoms with Gasteiger partial charge in [0.1, 0.15) is 17.4 Å². The van der Waals surface area contributed by atoms with E-state index in [0.717, 1.165) is 16.9 Å². The SMILES string of the molecule is CCn1c(COc2cc(C)ccc2Cl)nnc1SCC(=O)Nc1sc(C(=O)N(C)C)c(C)c1C(=O)OC. The van der Waals surface area contributed by atoms with Gasteiger partial charge >= 0.3 is 5.97 Å². The number of nitrogens with zero attached hydrogens (tertiary/aromatic N) is 4. The average molecular weight is 566 g/mol. The largest absolute Gasteiger partial charge is 0.484 e. The molecule has 0 spiro atoms. The number of nitrogens with one attached hydrogen (secondary N) is 1. The van der Waals surface area contributed by atoms with E-state index in [-0.39, 0.29) is 34.7 Å². The van der Waals surface area contributed by atoms with Crippen molar-refractivity contribution >= 4 is 57.5 Å². The van der Waals surface area contributed by atoms with Gasteiger partial charge in [-0.25, -0.2) is 4.79 Å². The number of ether oxygens (including phenoxy) is 2. The van der Waals surface area contributed by atoms with E-state index in [2.05, 4.69) is 15.5 Å². The number of methoxy groups -OCH3 is 1. The molecule has 0 radical (unpaired) electrons. The Morgan fingerprint density at radius 3 is 2.59 bits per heavy atom. The molecule has 0 aliphatic heterocycles. The second kappa shape index (κ2) is 12.4. The summed E-state index contributed by atoms with van der Waals surface area (Å²) in [5.74, 6) is -0.0940. The zero-order chi connectivity index (χ0) is 27.3. The van der Waals surface area contributed by atoms with Crippen LogP contribution in [0.15, 0.2) is 23.4 Å². The normalized spacial score (nSPS) is 10.8. The quantitative estimate of drug-likeness (QED) is 0.283. The first kappa shape index (κ1) is 28.5. The number of carbonyl (C=O) groups is 3. The van der Waals surface area contributed by atoms with Gasteiger partial charge in [-0.2, -0.15) is 0 Å². The lowest BCUT2D eigenvalue weighted by Crippen LogP contribution is -2.21. The molecule has 2 heterocycles. The molecular weight excluding hydrogens is 538 g/mol. The molecule has 1 aromatic carbocycles. The van der Waals surface area contributed by atoms with Crippen molar-refractivity contribution in [2.45, 2.75) is 39.1 Å². The Labute approximate surface area is 228 Å². The van der Waals surface area contributed by atoms with Gasteiger partial charge in [-0.3, -0.25) is 9.59 Å². The first-order valence-electron chi connectivity index (χ1n) is 11.2. The molecule has 0 unspecified atom stereocenters. The molecule has 0 fully saturated rings. The predicted molar refractivity (Wildman–Crippen MR) is 144 cm³/mol. The zero-order valence-corrected chi connectivity index (χ0v) is 23.8. The minimum absolute atomic E-state index is 0.0111. The number of hydrogen-bond acceptors (Lipinski definition) is 9. The van der Waals surface area contributed by atoms with Gasteiger partial charge < -0.3 is 24.3 Å². The van der Waals surface area contributed by atoms with Gasteiger partial charge in [0.05, 0.1) is 28.3 Å². The predicted octanol–water partition coefficient (Wildman–Crippen LogP) is 4.43. The molecule has 0 bridgehead atoms. The molecule has 3 rings (SSSR count). The van der Waals surface area contributed by atoms with Crippen molar-refractivity contribution in [3.05, 3.63) is 50.6 Å². The highest BCUT2D eigenvalue weighted by Gasteiger charge is 2.27. The van der Waals surface area contributed by atoms with Gasteiger partial charge in [0.25, 0.3) is 5.91 Å². The van der Waals surface area contributed by atoms with Crippen LogP contribution in [0, 0.1) is 13.8 Å². The van der Waals surface area contributed by atoms with E-state index in [4.69, 9.17) is 21.1 Å². The molecule has 0 saturated carbocycles. The second-order valence-electron chi connectivity index (χ2n) is 8.15. The summed E-state index contributed by atoms with van der Waals surface area (Å²) in [6.45, 7) is 6.28. The highest BCUT2D eigenvalue weighted by Crippen LogP contribution is 2.34. The fourth-order valence-corrected chi connectivity index (χ4v) is 5.59. The van der Waals surface area contributed by atoms with Crippen molar-refractivity contribution in [1.82, 2.24) is 19.7 Å². The second-order valence-corrected chi connectivity index (χ2v) is 10.5. The van der Waals surface area contributed by atoms with Crippen molar-refractivity contribution < 1.29 is 23.9 Å². The Morgan fingerprint density at radius 2 is 1.95 bits per heavy atom. The summed E-state index contributed by atoms with van der Waals surface area (Å²) < 4.78 is 12.6. The van der Waals surface area contributed by atoms with Crippen LogP contribution in [-0.4, -0.2) is 64.4 Å². The molecule has 37 heavy (non-hydrogen) atoms. The number of aromatic nitrogens is 3. The average Bonchev–Trinajstić information content (AvgIpc) is 3.41. The summed E-state index contributed by atoms with van der Waals surface area (Å²) in [6.07, 6.45) is 0. The molecule has 1 N–H and O–H groups in total. The zero-order valence-electron chi connectivity index (χ0n) is 21.4. The van der Waals surface area contributed by atoms with Gasteiger partial charge in [-0.05, 0) is 44.0 Å². The number of benzene rings is 1. The summed E-state index contributed by atoms with van der Waals surface area (Å²) in [7, 11) is 4.49. The number of thiophene rings is 1. The summed E-state index contributed by atoms with van der Waals surface area (Å²) in [5.41, 5.74) is 1.65. The molecule has 2 aromatic heterocycles. The van der Waals surface area contributed by atoms with Crippen LogP contribution in [0.1, 0.15) is 43.9 Å². The first-order chi connectivity index (χ1) is 17.6. The number of anilines is 1. The van der Waals surface area contributed by atoms with Gasteiger partial charge in [0.2, 0.25) is 5.91 Å². The molecule has 0 aliphatic carbocycles. The lowest BCUT2D eigenvalue weighted by molar-refractivity contribution is -0.113. The van der Waals surface area contributed by atoms with Crippen LogP contribution in [0.25, 0.3) is 0 Å². The fourth-order valence-electron chi connectivity index (χ4n) is 3.36. The van der Waals surface area contributed by atoms with Crippen LogP contribution in [0.5, 0.6) is 5.75 Å². The summed E-state index contributed by atoms with van der Waals surface area (Å²) >= 11 is 8.45. The molecule has 0 atom stereocenters. The number of hydrogen-bond donors (Lipinski definition) is 1. The summed E-state index contributed by atoms with van der Waals surface area (Å²) in [4.78, 5) is 39.5. The number of esters is 1. The Hall–Kier alpha value is -3.09. The number of aryl methyl sites for hydroxylation is 1. The number of halogens is 1. The molecule has 198 valence electrons. The number of rotatable bonds is 10. The van der Waals surface area contributed by atoms with Crippen molar-refractivity contribution in [2.75, 3.05) is 32.3 Å². The van der Waals surface area contributed by atoms with E-state index < -0.39 is 5.97 Å². The van der Waals surface area contributed by atoms with Gasteiger partial charge in [0, 0.05) is 20.6 Å². The van der Waals surface area contributed by atoms with Crippen LogP contribution in [0.3, 0.4) is 0 Å². The molecule has 3 aromatic rings. The first-order valence-corrected chi connectivity index (χ1v) is 13.4. The monoisotopic (exact) mass is 565 g/mol. The van der Waals surface area contributed by atoms with Gasteiger partial charge in [-0.15, -0.1) is 21.5 Å². The lowest BCUT2D eigenvalue weighted by Gasteiger charge is -2.10. The number of carbonyl (C=O) groups excluding carboxylic acids is 3. The smallest absolute Gasteiger partial charge is 0.341 e. The molecule has 10 nitrogen and oxygen atoms in total. The van der Waals surface area contributed by atoms with Crippen LogP contribution in [-0.2, 0) is 22.7 Å². The van der Waals surface area contributed by atoms with Crippen molar-refractivity contribution in [3.8, 4) is 5.75 Å². The molecule has 2 amide bonds. The maximum atomic E-state index is 12.8. The van der Waals surface area contributed by atoms with Crippen LogP contribution < -0.4 is 10.1 Å². The van der Waals surface area contributed by atoms with E-state index in [1.807, 2.05) is 30.5 Å². The summed E-state index contributed by atoms with van der Waals surface area (Å²) in [5, 5.41) is 12.5. The minimum atomic E-state index is -0.626. The summed E-state index contributed by atoms with van der Waals surface area (Å²) in [6, 6.07) is 5.52.